The quantitative estimate of drug-likeness (QED) is 0.836. The molecule has 3 nitrogen and oxygen atoms in total. The molecule has 0 aliphatic carbocycles. The number of rotatable bonds is 2. The lowest BCUT2D eigenvalue weighted by molar-refractivity contribution is 0.383. The van der Waals surface area contributed by atoms with E-state index in [9.17, 15) is 0 Å². The van der Waals surface area contributed by atoms with Crippen LogP contribution < -0.4 is 10.6 Å². The monoisotopic (exact) mass is 225 g/mol. The second-order valence-corrected chi connectivity index (χ2v) is 4.90. The first-order valence-electron chi connectivity index (χ1n) is 5.20. The summed E-state index contributed by atoms with van der Waals surface area (Å²) in [6.45, 7) is 4.86. The maximum atomic E-state index is 6.11. The van der Waals surface area contributed by atoms with Crippen molar-refractivity contribution in [1.82, 2.24) is 4.98 Å². The van der Waals surface area contributed by atoms with Gasteiger partial charge in [0.25, 0.3) is 0 Å². The van der Waals surface area contributed by atoms with Crippen LogP contribution in [0, 0.1) is 5.41 Å². The number of hydrogen-bond acceptors (Lipinski definition) is 3. The molecule has 1 aromatic rings. The minimum Gasteiger partial charge on any atom is -0.355 e. The molecule has 2 heterocycles. The zero-order chi connectivity index (χ0) is 10.9. The Hall–Kier alpha value is -0.800. The highest BCUT2D eigenvalue weighted by atomic mass is 35.5. The van der Waals surface area contributed by atoms with E-state index in [4.69, 9.17) is 17.3 Å². The molecule has 0 radical (unpaired) electrons. The summed E-state index contributed by atoms with van der Waals surface area (Å²) >= 11 is 6.11. The first kappa shape index (κ1) is 10.7. The van der Waals surface area contributed by atoms with Crippen LogP contribution in [0.25, 0.3) is 0 Å². The number of pyridine rings is 1. The van der Waals surface area contributed by atoms with Gasteiger partial charge in [-0.1, -0.05) is 18.5 Å². The Balaban J connectivity index is 2.18. The summed E-state index contributed by atoms with van der Waals surface area (Å²) in [7, 11) is 0. The second-order valence-electron chi connectivity index (χ2n) is 4.50. The molecule has 15 heavy (non-hydrogen) atoms. The number of nitrogens with zero attached hydrogens (tertiary/aromatic N) is 2. The van der Waals surface area contributed by atoms with Crippen molar-refractivity contribution in [3.8, 4) is 0 Å². The fraction of sp³-hybridized carbons (Fsp3) is 0.545. The van der Waals surface area contributed by atoms with Crippen LogP contribution in [-0.4, -0.2) is 24.6 Å². The SMILES string of the molecule is CC1(CN)CCN(c2ncccc2Cl)C1. The van der Waals surface area contributed by atoms with Gasteiger partial charge in [0.15, 0.2) is 0 Å². The third-order valence-corrected chi connectivity index (χ3v) is 3.38. The fourth-order valence-corrected chi connectivity index (χ4v) is 2.22. The van der Waals surface area contributed by atoms with Crippen molar-refractivity contribution in [2.24, 2.45) is 11.1 Å². The van der Waals surface area contributed by atoms with Gasteiger partial charge in [0.05, 0.1) is 5.02 Å². The topological polar surface area (TPSA) is 42.1 Å². The highest BCUT2D eigenvalue weighted by molar-refractivity contribution is 6.32. The van der Waals surface area contributed by atoms with E-state index in [0.29, 0.717) is 6.54 Å². The molecule has 1 unspecified atom stereocenters. The Labute approximate surface area is 95.2 Å². The van der Waals surface area contributed by atoms with Crippen molar-refractivity contribution >= 4 is 17.4 Å². The number of hydrogen-bond donors (Lipinski definition) is 1. The van der Waals surface area contributed by atoms with Gasteiger partial charge in [-0.05, 0) is 30.5 Å². The Bertz CT molecular complexity index is 355. The van der Waals surface area contributed by atoms with Crippen LogP contribution in [0.2, 0.25) is 5.02 Å². The molecule has 0 amide bonds. The maximum Gasteiger partial charge on any atom is 0.147 e. The Morgan fingerprint density at radius 1 is 1.67 bits per heavy atom. The lowest BCUT2D eigenvalue weighted by Gasteiger charge is -2.23. The molecule has 82 valence electrons. The molecule has 0 aromatic carbocycles. The molecule has 1 atom stereocenters. The van der Waals surface area contributed by atoms with Crippen LogP contribution in [0.4, 0.5) is 5.82 Å². The van der Waals surface area contributed by atoms with Gasteiger partial charge in [-0.3, -0.25) is 0 Å². The lowest BCUT2D eigenvalue weighted by atomic mass is 9.90. The van der Waals surface area contributed by atoms with Crippen molar-refractivity contribution in [2.75, 3.05) is 24.5 Å². The highest BCUT2D eigenvalue weighted by Gasteiger charge is 2.33. The van der Waals surface area contributed by atoms with Crippen LogP contribution >= 0.6 is 11.6 Å². The van der Waals surface area contributed by atoms with Gasteiger partial charge >= 0.3 is 0 Å². The van der Waals surface area contributed by atoms with Gasteiger partial charge in [0.1, 0.15) is 5.82 Å². The van der Waals surface area contributed by atoms with Gasteiger partial charge in [0.2, 0.25) is 0 Å². The molecule has 1 aliphatic rings. The minimum atomic E-state index is 0.209. The molecular weight excluding hydrogens is 210 g/mol. The van der Waals surface area contributed by atoms with E-state index in [1.807, 2.05) is 12.1 Å². The molecule has 2 N–H and O–H groups in total. The fourth-order valence-electron chi connectivity index (χ4n) is 1.98. The van der Waals surface area contributed by atoms with Gasteiger partial charge in [-0.25, -0.2) is 4.98 Å². The van der Waals surface area contributed by atoms with E-state index in [1.165, 1.54) is 0 Å². The molecule has 0 spiro atoms. The predicted octanol–water partition coefficient (Wildman–Crippen LogP) is 1.91. The van der Waals surface area contributed by atoms with Crippen molar-refractivity contribution < 1.29 is 0 Å². The number of anilines is 1. The third-order valence-electron chi connectivity index (χ3n) is 3.09. The van der Waals surface area contributed by atoms with E-state index in [0.717, 1.165) is 30.4 Å². The first-order valence-corrected chi connectivity index (χ1v) is 5.58. The average Bonchev–Trinajstić information content (AvgIpc) is 2.63. The summed E-state index contributed by atoms with van der Waals surface area (Å²) < 4.78 is 0. The molecule has 1 saturated heterocycles. The molecule has 2 rings (SSSR count). The zero-order valence-corrected chi connectivity index (χ0v) is 9.67. The zero-order valence-electron chi connectivity index (χ0n) is 8.91. The van der Waals surface area contributed by atoms with Crippen molar-refractivity contribution in [3.63, 3.8) is 0 Å². The Morgan fingerprint density at radius 3 is 3.07 bits per heavy atom. The third kappa shape index (κ3) is 2.08. The summed E-state index contributed by atoms with van der Waals surface area (Å²) in [5.74, 6) is 0.886. The highest BCUT2D eigenvalue weighted by Crippen LogP contribution is 2.33. The normalized spacial score (nSPS) is 25.9. The smallest absolute Gasteiger partial charge is 0.147 e. The van der Waals surface area contributed by atoms with Gasteiger partial charge < -0.3 is 10.6 Å². The maximum absolute atomic E-state index is 6.11. The summed E-state index contributed by atoms with van der Waals surface area (Å²) in [6, 6.07) is 3.73. The molecule has 0 saturated carbocycles. The molecule has 0 bridgehead atoms. The second kappa shape index (κ2) is 3.99. The first-order chi connectivity index (χ1) is 7.14. The van der Waals surface area contributed by atoms with E-state index >= 15 is 0 Å². The van der Waals surface area contributed by atoms with Crippen LogP contribution in [0.5, 0.6) is 0 Å². The van der Waals surface area contributed by atoms with Gasteiger partial charge in [0, 0.05) is 19.3 Å². The van der Waals surface area contributed by atoms with Crippen LogP contribution in [0.15, 0.2) is 18.3 Å². The summed E-state index contributed by atoms with van der Waals surface area (Å²) in [6.07, 6.45) is 2.88. The van der Waals surface area contributed by atoms with Crippen molar-refractivity contribution in [1.29, 1.82) is 0 Å². The summed E-state index contributed by atoms with van der Waals surface area (Å²) in [4.78, 5) is 6.53. The van der Waals surface area contributed by atoms with Crippen LogP contribution in [0.3, 0.4) is 0 Å². The summed E-state index contributed by atoms with van der Waals surface area (Å²) in [5.41, 5.74) is 5.98. The van der Waals surface area contributed by atoms with Gasteiger partial charge in [-0.2, -0.15) is 0 Å². The molecule has 1 aliphatic heterocycles. The summed E-state index contributed by atoms with van der Waals surface area (Å²) in [5, 5.41) is 0.721. The Kier molecular flexibility index (Phi) is 2.85. The largest absolute Gasteiger partial charge is 0.355 e. The Morgan fingerprint density at radius 2 is 2.47 bits per heavy atom. The number of halogens is 1. The van der Waals surface area contributed by atoms with Crippen LogP contribution in [-0.2, 0) is 0 Å². The molecule has 1 aromatic heterocycles. The van der Waals surface area contributed by atoms with E-state index in [-0.39, 0.29) is 5.41 Å². The average molecular weight is 226 g/mol. The number of aromatic nitrogens is 1. The minimum absolute atomic E-state index is 0.209. The molecule has 1 fully saturated rings. The molecular formula is C11H16ClN3. The number of nitrogens with two attached hydrogens (primary N) is 1. The molecule has 4 heteroatoms. The predicted molar refractivity (Wildman–Crippen MR) is 63.2 cm³/mol. The standard InChI is InChI=1S/C11H16ClN3/c1-11(7-13)4-6-15(8-11)10-9(12)3-2-5-14-10/h2-3,5H,4,6-8,13H2,1H3. The van der Waals surface area contributed by atoms with Crippen molar-refractivity contribution in [2.45, 2.75) is 13.3 Å². The lowest BCUT2D eigenvalue weighted by Crippen LogP contribution is -2.31. The van der Waals surface area contributed by atoms with Crippen LogP contribution in [0.1, 0.15) is 13.3 Å². The van der Waals surface area contributed by atoms with E-state index in [1.54, 1.807) is 6.20 Å². The van der Waals surface area contributed by atoms with E-state index < -0.39 is 0 Å². The van der Waals surface area contributed by atoms with Crippen molar-refractivity contribution in [3.05, 3.63) is 23.4 Å². The van der Waals surface area contributed by atoms with Gasteiger partial charge in [-0.15, -0.1) is 0 Å². The van der Waals surface area contributed by atoms with E-state index in [2.05, 4.69) is 16.8 Å².